The van der Waals surface area contributed by atoms with Gasteiger partial charge in [-0.2, -0.15) is 0 Å². The first-order chi connectivity index (χ1) is 11.8. The molecule has 2 saturated heterocycles. The molecule has 2 aliphatic rings. The fraction of sp³-hybridized carbons (Fsp3) is 1.00. The molecular formula is C16H30O9. The van der Waals surface area contributed by atoms with Crippen molar-refractivity contribution in [2.24, 2.45) is 5.92 Å². The Balaban J connectivity index is 2.07. The molecule has 2 heterocycles. The van der Waals surface area contributed by atoms with Gasteiger partial charge in [0.25, 0.3) is 0 Å². The third-order valence-electron chi connectivity index (χ3n) is 4.90. The van der Waals surface area contributed by atoms with E-state index < -0.39 is 61.2 Å². The van der Waals surface area contributed by atoms with Crippen LogP contribution in [0.1, 0.15) is 27.2 Å². The first kappa shape index (κ1) is 20.9. The monoisotopic (exact) mass is 366 g/mol. The second-order valence-corrected chi connectivity index (χ2v) is 6.53. The molecule has 148 valence electrons. The smallest absolute Gasteiger partial charge is 0.187 e. The highest BCUT2D eigenvalue weighted by atomic mass is 16.7. The van der Waals surface area contributed by atoms with E-state index in [1.165, 1.54) is 0 Å². The van der Waals surface area contributed by atoms with Gasteiger partial charge in [-0.05, 0) is 20.3 Å². The van der Waals surface area contributed by atoms with Gasteiger partial charge in [-0.15, -0.1) is 0 Å². The van der Waals surface area contributed by atoms with Gasteiger partial charge in [0.2, 0.25) is 0 Å². The van der Waals surface area contributed by atoms with Gasteiger partial charge in [0.15, 0.2) is 12.6 Å². The molecule has 9 nitrogen and oxygen atoms in total. The van der Waals surface area contributed by atoms with Gasteiger partial charge in [-0.3, -0.25) is 0 Å². The quantitative estimate of drug-likeness (QED) is 0.374. The predicted molar refractivity (Wildman–Crippen MR) is 84.4 cm³/mol. The third kappa shape index (κ3) is 4.32. The molecule has 0 bridgehead atoms. The lowest BCUT2D eigenvalue weighted by atomic mass is 9.87. The van der Waals surface area contributed by atoms with Crippen molar-refractivity contribution in [3.05, 3.63) is 0 Å². The van der Waals surface area contributed by atoms with Crippen LogP contribution >= 0.6 is 0 Å². The van der Waals surface area contributed by atoms with Crippen molar-refractivity contribution < 1.29 is 44.5 Å². The average Bonchev–Trinajstić information content (AvgIpc) is 2.59. The van der Waals surface area contributed by atoms with E-state index in [0.717, 1.165) is 0 Å². The number of rotatable bonds is 6. The molecule has 25 heavy (non-hydrogen) atoms. The molecule has 10 atom stereocenters. The Hall–Kier alpha value is -0.360. The van der Waals surface area contributed by atoms with Crippen LogP contribution in [-0.2, 0) is 18.9 Å². The van der Waals surface area contributed by atoms with E-state index in [0.29, 0.717) is 13.0 Å². The van der Waals surface area contributed by atoms with Gasteiger partial charge in [0.1, 0.15) is 24.4 Å². The van der Waals surface area contributed by atoms with Gasteiger partial charge in [-0.1, -0.05) is 6.92 Å². The number of hydrogen-bond acceptors (Lipinski definition) is 9. The maximum atomic E-state index is 10.3. The van der Waals surface area contributed by atoms with Gasteiger partial charge in [0, 0.05) is 12.5 Å². The molecule has 0 spiro atoms. The Morgan fingerprint density at radius 2 is 1.52 bits per heavy atom. The summed E-state index contributed by atoms with van der Waals surface area (Å²) >= 11 is 0. The topological polar surface area (TPSA) is 138 Å². The molecule has 2 rings (SSSR count). The number of aliphatic hydroxyl groups is 5. The van der Waals surface area contributed by atoms with Crippen LogP contribution in [0.15, 0.2) is 0 Å². The lowest BCUT2D eigenvalue weighted by Gasteiger charge is -2.46. The van der Waals surface area contributed by atoms with Crippen LogP contribution in [0.3, 0.4) is 0 Å². The zero-order valence-electron chi connectivity index (χ0n) is 14.8. The van der Waals surface area contributed by atoms with E-state index in [1.807, 2.05) is 6.92 Å². The molecule has 0 saturated carbocycles. The minimum Gasteiger partial charge on any atom is -0.394 e. The van der Waals surface area contributed by atoms with Crippen LogP contribution in [-0.4, -0.2) is 94.1 Å². The summed E-state index contributed by atoms with van der Waals surface area (Å²) in [5, 5.41) is 50.4. The molecule has 5 N–H and O–H groups in total. The van der Waals surface area contributed by atoms with Crippen molar-refractivity contribution in [1.82, 2.24) is 0 Å². The number of ether oxygens (including phenoxy) is 4. The molecule has 2 aliphatic heterocycles. The Labute approximate surface area is 147 Å². The van der Waals surface area contributed by atoms with E-state index in [9.17, 15) is 25.5 Å². The first-order valence-corrected chi connectivity index (χ1v) is 8.76. The normalized spacial score (nSPS) is 48.5. The molecule has 9 heteroatoms. The van der Waals surface area contributed by atoms with Crippen LogP contribution in [0.5, 0.6) is 0 Å². The Bertz CT molecular complexity index is 407. The fourth-order valence-corrected chi connectivity index (χ4v) is 3.43. The highest BCUT2D eigenvalue weighted by Crippen LogP contribution is 2.32. The molecule has 0 radical (unpaired) electrons. The van der Waals surface area contributed by atoms with Crippen molar-refractivity contribution >= 4 is 0 Å². The largest absolute Gasteiger partial charge is 0.394 e. The van der Waals surface area contributed by atoms with Gasteiger partial charge >= 0.3 is 0 Å². The second kappa shape index (κ2) is 9.03. The van der Waals surface area contributed by atoms with Crippen LogP contribution in [0.2, 0.25) is 0 Å². The van der Waals surface area contributed by atoms with Crippen LogP contribution < -0.4 is 0 Å². The molecule has 6 unspecified atom stereocenters. The molecule has 2 fully saturated rings. The molecule has 0 aromatic heterocycles. The van der Waals surface area contributed by atoms with E-state index in [4.69, 9.17) is 18.9 Å². The van der Waals surface area contributed by atoms with E-state index in [2.05, 4.69) is 0 Å². The van der Waals surface area contributed by atoms with E-state index in [1.54, 1.807) is 13.8 Å². The zero-order chi connectivity index (χ0) is 18.7. The van der Waals surface area contributed by atoms with E-state index in [-0.39, 0.29) is 6.61 Å². The second-order valence-electron chi connectivity index (χ2n) is 6.53. The highest BCUT2D eigenvalue weighted by molar-refractivity contribution is 4.92. The SMILES string of the molecule is CCO[C@H]1OC(C)C(O[C@H]2OC(CO)C(CC)[C@H](O)C2O)[C@H](O)C1O. The van der Waals surface area contributed by atoms with Crippen molar-refractivity contribution in [3.8, 4) is 0 Å². The molecule has 0 aliphatic carbocycles. The number of hydrogen-bond donors (Lipinski definition) is 5. The van der Waals surface area contributed by atoms with E-state index >= 15 is 0 Å². The van der Waals surface area contributed by atoms with Crippen molar-refractivity contribution in [2.75, 3.05) is 13.2 Å². The maximum absolute atomic E-state index is 10.3. The first-order valence-electron chi connectivity index (χ1n) is 8.76. The molecule has 0 amide bonds. The Kier molecular flexibility index (Phi) is 7.56. The molecule has 0 aromatic carbocycles. The summed E-state index contributed by atoms with van der Waals surface area (Å²) in [5.41, 5.74) is 0. The zero-order valence-corrected chi connectivity index (χ0v) is 14.8. The highest BCUT2D eigenvalue weighted by Gasteiger charge is 2.49. The average molecular weight is 366 g/mol. The van der Waals surface area contributed by atoms with Crippen LogP contribution in [0.25, 0.3) is 0 Å². The standard InChI is InChI=1S/C16H30O9/c1-4-8-9(6-17)24-16(12(20)10(8)18)25-14-7(3)23-15(22-5-2)13(21)11(14)19/h7-21H,4-6H2,1-3H3/t7?,8?,9?,10-,11+,12?,13?,14?,15-,16+/m0/s1. The maximum Gasteiger partial charge on any atom is 0.187 e. The van der Waals surface area contributed by atoms with Crippen molar-refractivity contribution in [2.45, 2.75) is 82.5 Å². The van der Waals surface area contributed by atoms with Gasteiger partial charge in [0.05, 0.1) is 24.9 Å². The number of aliphatic hydroxyl groups excluding tert-OH is 5. The van der Waals surface area contributed by atoms with Crippen molar-refractivity contribution in [1.29, 1.82) is 0 Å². The summed E-state index contributed by atoms with van der Waals surface area (Å²) in [4.78, 5) is 0. The summed E-state index contributed by atoms with van der Waals surface area (Å²) in [6.45, 7) is 5.16. The van der Waals surface area contributed by atoms with Crippen LogP contribution in [0.4, 0.5) is 0 Å². The summed E-state index contributed by atoms with van der Waals surface area (Å²) in [6.07, 6.45) is -9.25. The summed E-state index contributed by atoms with van der Waals surface area (Å²) in [5.74, 6) is -0.433. The predicted octanol–water partition coefficient (Wildman–Crippen LogP) is -1.66. The summed E-state index contributed by atoms with van der Waals surface area (Å²) in [7, 11) is 0. The minimum absolute atomic E-state index is 0.305. The summed E-state index contributed by atoms with van der Waals surface area (Å²) < 4.78 is 21.9. The molecule has 0 aromatic rings. The Morgan fingerprint density at radius 1 is 0.880 bits per heavy atom. The van der Waals surface area contributed by atoms with Gasteiger partial charge < -0.3 is 44.5 Å². The van der Waals surface area contributed by atoms with Gasteiger partial charge in [-0.25, -0.2) is 0 Å². The van der Waals surface area contributed by atoms with Crippen LogP contribution in [0, 0.1) is 5.92 Å². The minimum atomic E-state index is -1.35. The Morgan fingerprint density at radius 3 is 2.08 bits per heavy atom. The molecular weight excluding hydrogens is 336 g/mol. The third-order valence-corrected chi connectivity index (χ3v) is 4.90. The fourth-order valence-electron chi connectivity index (χ4n) is 3.43. The summed E-state index contributed by atoms with van der Waals surface area (Å²) in [6, 6.07) is 0. The lowest BCUT2D eigenvalue weighted by molar-refractivity contribution is -0.351. The van der Waals surface area contributed by atoms with Crippen molar-refractivity contribution in [3.63, 3.8) is 0 Å². The lowest BCUT2D eigenvalue weighted by Crippen LogP contribution is -2.62.